The Labute approximate surface area is 149 Å². The molecule has 26 heavy (non-hydrogen) atoms. The molecule has 0 atom stereocenters. The third-order valence-corrected chi connectivity index (χ3v) is 4.95. The summed E-state index contributed by atoms with van der Waals surface area (Å²) in [6.45, 7) is 6.78. The van der Waals surface area contributed by atoms with Crippen molar-refractivity contribution in [1.82, 2.24) is 29.1 Å². The molecule has 7 heteroatoms. The Balaban J connectivity index is 1.53. The Hall–Kier alpha value is -3.22. The average molecular weight is 346 g/mol. The first-order valence-electron chi connectivity index (χ1n) is 8.63. The second-order valence-electron chi connectivity index (χ2n) is 6.55. The molecular formula is C19H18N6O. The smallest absolute Gasteiger partial charge is 0.231 e. The molecule has 4 aromatic heterocycles. The van der Waals surface area contributed by atoms with Gasteiger partial charge in [-0.2, -0.15) is 0 Å². The fourth-order valence-electron chi connectivity index (χ4n) is 3.48. The highest BCUT2D eigenvalue weighted by Gasteiger charge is 2.16. The predicted octanol–water partition coefficient (Wildman–Crippen LogP) is 3.39. The van der Waals surface area contributed by atoms with E-state index >= 15 is 0 Å². The number of fused-ring (bicyclic) bond motifs is 4. The standard InChI is InChI=1S/C19H18N6O/c1-11-12(2)26-19-17(11)18-22-16(23-25(18)10-20-19)8-9-24-13(3)21-14-6-4-5-7-15(14)24/h4-7,10H,8-9H2,1-3H3. The Bertz CT molecular complexity index is 1280. The Morgan fingerprint density at radius 1 is 1.08 bits per heavy atom. The molecule has 5 rings (SSSR count). The monoisotopic (exact) mass is 346 g/mol. The van der Waals surface area contributed by atoms with E-state index < -0.39 is 0 Å². The first-order valence-corrected chi connectivity index (χ1v) is 8.63. The van der Waals surface area contributed by atoms with Crippen LogP contribution in [0.3, 0.4) is 0 Å². The molecule has 0 N–H and O–H groups in total. The predicted molar refractivity (Wildman–Crippen MR) is 98.2 cm³/mol. The third kappa shape index (κ3) is 2.13. The van der Waals surface area contributed by atoms with Crippen LogP contribution in [-0.2, 0) is 13.0 Å². The van der Waals surface area contributed by atoms with Gasteiger partial charge in [-0.1, -0.05) is 12.1 Å². The van der Waals surface area contributed by atoms with Crippen LogP contribution >= 0.6 is 0 Å². The number of hydrogen-bond donors (Lipinski definition) is 0. The summed E-state index contributed by atoms with van der Waals surface area (Å²) in [5.41, 5.74) is 4.63. The van der Waals surface area contributed by atoms with Crippen LogP contribution in [0.2, 0.25) is 0 Å². The second-order valence-corrected chi connectivity index (χ2v) is 6.55. The number of hydrogen-bond acceptors (Lipinski definition) is 5. The molecule has 0 bridgehead atoms. The molecule has 0 aliphatic carbocycles. The average Bonchev–Trinajstić information content (AvgIpc) is 3.26. The lowest BCUT2D eigenvalue weighted by atomic mass is 10.2. The zero-order chi connectivity index (χ0) is 17.8. The van der Waals surface area contributed by atoms with Crippen molar-refractivity contribution in [2.24, 2.45) is 0 Å². The van der Waals surface area contributed by atoms with Gasteiger partial charge in [-0.3, -0.25) is 0 Å². The number of aromatic nitrogens is 6. The van der Waals surface area contributed by atoms with Crippen molar-refractivity contribution in [3.63, 3.8) is 0 Å². The molecule has 0 spiro atoms. The van der Waals surface area contributed by atoms with Gasteiger partial charge in [0.2, 0.25) is 5.71 Å². The van der Waals surface area contributed by atoms with Gasteiger partial charge in [-0.15, -0.1) is 5.10 Å². The van der Waals surface area contributed by atoms with E-state index in [2.05, 4.69) is 25.7 Å². The van der Waals surface area contributed by atoms with Gasteiger partial charge in [0.25, 0.3) is 0 Å². The van der Waals surface area contributed by atoms with Gasteiger partial charge >= 0.3 is 0 Å². The third-order valence-electron chi connectivity index (χ3n) is 4.95. The lowest BCUT2D eigenvalue weighted by molar-refractivity contribution is 0.563. The topological polar surface area (TPSA) is 74.0 Å². The van der Waals surface area contributed by atoms with Gasteiger partial charge in [0.1, 0.15) is 17.9 Å². The highest BCUT2D eigenvalue weighted by atomic mass is 16.3. The minimum atomic E-state index is 0.614. The fraction of sp³-hybridized carbons (Fsp3) is 0.263. The molecule has 0 aliphatic heterocycles. The highest BCUT2D eigenvalue weighted by molar-refractivity contribution is 5.91. The minimum Gasteiger partial charge on any atom is -0.443 e. The van der Waals surface area contributed by atoms with Crippen molar-refractivity contribution < 1.29 is 4.42 Å². The maximum atomic E-state index is 5.69. The summed E-state index contributed by atoms with van der Waals surface area (Å²) in [7, 11) is 0. The molecule has 0 aliphatic rings. The number of rotatable bonds is 3. The number of furan rings is 1. The maximum absolute atomic E-state index is 5.69. The maximum Gasteiger partial charge on any atom is 0.231 e. The molecular weight excluding hydrogens is 328 g/mol. The quantitative estimate of drug-likeness (QED) is 0.501. The summed E-state index contributed by atoms with van der Waals surface area (Å²) in [5, 5.41) is 5.53. The Kier molecular flexibility index (Phi) is 3.12. The minimum absolute atomic E-state index is 0.614. The van der Waals surface area contributed by atoms with Crippen molar-refractivity contribution in [1.29, 1.82) is 0 Å². The van der Waals surface area contributed by atoms with Crippen molar-refractivity contribution in [3.05, 3.63) is 53.6 Å². The highest BCUT2D eigenvalue weighted by Crippen LogP contribution is 2.26. The molecule has 0 amide bonds. The van der Waals surface area contributed by atoms with Crippen molar-refractivity contribution in [2.45, 2.75) is 33.7 Å². The number of nitrogens with zero attached hydrogens (tertiary/aromatic N) is 6. The number of para-hydroxylation sites is 2. The van der Waals surface area contributed by atoms with E-state index in [9.17, 15) is 0 Å². The zero-order valence-electron chi connectivity index (χ0n) is 14.9. The Morgan fingerprint density at radius 3 is 2.81 bits per heavy atom. The molecule has 0 unspecified atom stereocenters. The van der Waals surface area contributed by atoms with Gasteiger partial charge in [0.05, 0.1) is 16.4 Å². The van der Waals surface area contributed by atoms with Gasteiger partial charge < -0.3 is 8.98 Å². The summed E-state index contributed by atoms with van der Waals surface area (Å²) < 4.78 is 9.64. The zero-order valence-corrected chi connectivity index (χ0v) is 14.9. The van der Waals surface area contributed by atoms with Crippen LogP contribution in [0.4, 0.5) is 0 Å². The van der Waals surface area contributed by atoms with E-state index in [-0.39, 0.29) is 0 Å². The lowest BCUT2D eigenvalue weighted by Crippen LogP contribution is -2.04. The molecule has 0 radical (unpaired) electrons. The van der Waals surface area contributed by atoms with Crippen molar-refractivity contribution in [2.75, 3.05) is 0 Å². The number of benzene rings is 1. The van der Waals surface area contributed by atoms with Crippen LogP contribution in [0.15, 0.2) is 35.0 Å². The lowest BCUT2D eigenvalue weighted by Gasteiger charge is -2.04. The molecule has 1 aromatic carbocycles. The van der Waals surface area contributed by atoms with Crippen LogP contribution < -0.4 is 0 Å². The van der Waals surface area contributed by atoms with Crippen LogP contribution in [0.1, 0.15) is 23.0 Å². The van der Waals surface area contributed by atoms with Crippen LogP contribution in [0.25, 0.3) is 27.8 Å². The molecule has 5 aromatic rings. The van der Waals surface area contributed by atoms with Crippen molar-refractivity contribution >= 4 is 27.8 Å². The second kappa shape index (κ2) is 5.39. The van der Waals surface area contributed by atoms with E-state index in [1.165, 1.54) is 0 Å². The van der Waals surface area contributed by atoms with E-state index in [0.717, 1.165) is 58.0 Å². The normalized spacial score (nSPS) is 12.0. The summed E-state index contributed by atoms with van der Waals surface area (Å²) in [5.74, 6) is 2.65. The summed E-state index contributed by atoms with van der Waals surface area (Å²) in [6.07, 6.45) is 2.38. The van der Waals surface area contributed by atoms with Crippen LogP contribution in [0, 0.1) is 20.8 Å². The number of aryl methyl sites for hydroxylation is 5. The van der Waals surface area contributed by atoms with Crippen molar-refractivity contribution in [3.8, 4) is 0 Å². The van der Waals surface area contributed by atoms with E-state index in [1.807, 2.05) is 39.0 Å². The molecule has 0 saturated heterocycles. The molecule has 0 fully saturated rings. The van der Waals surface area contributed by atoms with Gasteiger partial charge in [-0.05, 0) is 32.9 Å². The Morgan fingerprint density at radius 2 is 1.92 bits per heavy atom. The largest absolute Gasteiger partial charge is 0.443 e. The van der Waals surface area contributed by atoms with Crippen LogP contribution in [-0.4, -0.2) is 29.1 Å². The summed E-state index contributed by atoms with van der Waals surface area (Å²) >= 11 is 0. The summed E-state index contributed by atoms with van der Waals surface area (Å²) in [6, 6.07) is 8.18. The van der Waals surface area contributed by atoms with Gasteiger partial charge in [0, 0.05) is 18.5 Å². The van der Waals surface area contributed by atoms with Gasteiger partial charge in [0.15, 0.2) is 11.5 Å². The molecule has 4 heterocycles. The van der Waals surface area contributed by atoms with Gasteiger partial charge in [-0.25, -0.2) is 19.5 Å². The van der Waals surface area contributed by atoms with Crippen LogP contribution in [0.5, 0.6) is 0 Å². The number of imidazole rings is 1. The fourth-order valence-corrected chi connectivity index (χ4v) is 3.48. The first kappa shape index (κ1) is 15.1. The molecule has 130 valence electrons. The first-order chi connectivity index (χ1) is 12.6. The molecule has 7 nitrogen and oxygen atoms in total. The van der Waals surface area contributed by atoms with E-state index in [0.29, 0.717) is 5.71 Å². The molecule has 0 saturated carbocycles. The van der Waals surface area contributed by atoms with E-state index in [1.54, 1.807) is 10.8 Å². The SMILES string of the molecule is Cc1oc2ncn3nc(CCn4c(C)nc5ccccc54)nc3c2c1C. The van der Waals surface area contributed by atoms with E-state index in [4.69, 9.17) is 9.40 Å². The summed E-state index contributed by atoms with van der Waals surface area (Å²) in [4.78, 5) is 13.7.